The molecule has 0 aliphatic heterocycles. The summed E-state index contributed by atoms with van der Waals surface area (Å²) >= 11 is 5.79. The minimum absolute atomic E-state index is 0.0547. The van der Waals surface area contributed by atoms with Gasteiger partial charge in [-0.25, -0.2) is 13.2 Å². The van der Waals surface area contributed by atoms with Gasteiger partial charge in [-0.15, -0.1) is 0 Å². The maximum absolute atomic E-state index is 12.3. The molecule has 1 heterocycles. The van der Waals surface area contributed by atoms with Crippen molar-refractivity contribution in [3.05, 3.63) is 40.2 Å². The molecule has 2 rings (SSSR count). The summed E-state index contributed by atoms with van der Waals surface area (Å²) in [6, 6.07) is 3.75. The molecule has 0 unspecified atom stereocenters. The van der Waals surface area contributed by atoms with E-state index < -0.39 is 16.0 Å². The van der Waals surface area contributed by atoms with Crippen LogP contribution in [0, 0.1) is 13.8 Å². The van der Waals surface area contributed by atoms with Crippen LogP contribution in [0.25, 0.3) is 0 Å². The molecule has 0 aliphatic rings. The summed E-state index contributed by atoms with van der Waals surface area (Å²) in [6.45, 7) is 2.99. The predicted octanol–water partition coefficient (Wildman–Crippen LogP) is 2.44. The number of carboxylic acids is 1. The summed E-state index contributed by atoms with van der Waals surface area (Å²) in [5.41, 5.74) is 0.259. The number of rotatable bonds is 4. The number of aromatic nitrogens is 1. The van der Waals surface area contributed by atoms with Crippen LogP contribution in [0.15, 0.2) is 27.6 Å². The third kappa shape index (κ3) is 3.01. The van der Waals surface area contributed by atoms with E-state index in [0.717, 1.165) is 0 Å². The molecular formula is C12H11ClN2O5S. The third-order valence-electron chi connectivity index (χ3n) is 2.69. The first kappa shape index (κ1) is 15.3. The average molecular weight is 331 g/mol. The largest absolute Gasteiger partial charge is 0.478 e. The summed E-state index contributed by atoms with van der Waals surface area (Å²) < 4.78 is 31.7. The number of benzene rings is 1. The van der Waals surface area contributed by atoms with Crippen LogP contribution in [0.2, 0.25) is 5.02 Å². The zero-order valence-electron chi connectivity index (χ0n) is 11.0. The van der Waals surface area contributed by atoms with Gasteiger partial charge in [0.2, 0.25) is 0 Å². The highest BCUT2D eigenvalue weighted by atomic mass is 35.5. The Morgan fingerprint density at radius 3 is 2.52 bits per heavy atom. The minimum atomic E-state index is -3.89. The Hall–Kier alpha value is -2.06. The second-order valence-corrected chi connectivity index (χ2v) is 6.29. The zero-order chi connectivity index (χ0) is 15.8. The highest BCUT2D eigenvalue weighted by molar-refractivity contribution is 7.92. The van der Waals surface area contributed by atoms with Crippen LogP contribution < -0.4 is 4.72 Å². The minimum Gasteiger partial charge on any atom is -0.478 e. The van der Waals surface area contributed by atoms with E-state index in [4.69, 9.17) is 21.2 Å². The maximum Gasteiger partial charge on any atom is 0.337 e. The van der Waals surface area contributed by atoms with Crippen LogP contribution in [-0.4, -0.2) is 24.7 Å². The fraction of sp³-hybridized carbons (Fsp3) is 0.167. The van der Waals surface area contributed by atoms with Crippen molar-refractivity contribution in [3.8, 4) is 0 Å². The summed E-state index contributed by atoms with van der Waals surface area (Å²) in [5, 5.41) is 12.4. The molecular weight excluding hydrogens is 320 g/mol. The Labute approximate surface area is 125 Å². The van der Waals surface area contributed by atoms with Crippen LogP contribution >= 0.6 is 11.6 Å². The lowest BCUT2D eigenvalue weighted by Gasteiger charge is -2.08. The van der Waals surface area contributed by atoms with E-state index in [1.165, 1.54) is 32.0 Å². The molecule has 2 N–H and O–H groups in total. The molecule has 0 bridgehead atoms. The maximum atomic E-state index is 12.3. The summed E-state index contributed by atoms with van der Waals surface area (Å²) in [7, 11) is -3.89. The van der Waals surface area contributed by atoms with Crippen molar-refractivity contribution >= 4 is 33.3 Å². The Bertz CT molecular complexity index is 794. The molecule has 7 nitrogen and oxygen atoms in total. The van der Waals surface area contributed by atoms with Crippen LogP contribution in [0.3, 0.4) is 0 Å². The first-order chi connectivity index (χ1) is 9.72. The van der Waals surface area contributed by atoms with Crippen LogP contribution in [0.4, 0.5) is 5.69 Å². The molecule has 0 saturated carbocycles. The fourth-order valence-electron chi connectivity index (χ4n) is 1.82. The molecule has 112 valence electrons. The summed E-state index contributed by atoms with van der Waals surface area (Å²) in [6.07, 6.45) is 0. The van der Waals surface area contributed by atoms with E-state index >= 15 is 0 Å². The monoisotopic (exact) mass is 330 g/mol. The van der Waals surface area contributed by atoms with Gasteiger partial charge in [-0.2, -0.15) is 0 Å². The molecule has 21 heavy (non-hydrogen) atoms. The van der Waals surface area contributed by atoms with Gasteiger partial charge in [-0.05, 0) is 32.0 Å². The Balaban J connectivity index is 2.38. The molecule has 0 spiro atoms. The number of carbonyl (C=O) groups is 1. The number of carboxylic acid groups (broad SMARTS) is 1. The van der Waals surface area contributed by atoms with Gasteiger partial charge in [0.15, 0.2) is 10.7 Å². The molecule has 0 saturated heterocycles. The first-order valence-corrected chi connectivity index (χ1v) is 7.57. The zero-order valence-corrected chi connectivity index (χ0v) is 12.6. The van der Waals surface area contributed by atoms with E-state index in [1.54, 1.807) is 0 Å². The van der Waals surface area contributed by atoms with Crippen molar-refractivity contribution in [1.29, 1.82) is 0 Å². The second-order valence-electron chi connectivity index (χ2n) is 4.26. The normalized spacial score (nSPS) is 11.4. The molecule has 1 aromatic heterocycles. The lowest BCUT2D eigenvalue weighted by molar-refractivity contribution is 0.0697. The van der Waals surface area contributed by atoms with E-state index in [0.29, 0.717) is 0 Å². The number of hydrogen-bond donors (Lipinski definition) is 2. The number of nitrogens with one attached hydrogen (secondary N) is 1. The van der Waals surface area contributed by atoms with Crippen LogP contribution in [0.5, 0.6) is 0 Å². The number of aromatic carboxylic acids is 1. The van der Waals surface area contributed by atoms with E-state index in [1.807, 2.05) is 0 Å². The van der Waals surface area contributed by atoms with Crippen LogP contribution in [0.1, 0.15) is 21.8 Å². The molecule has 9 heteroatoms. The number of anilines is 1. The number of halogens is 1. The number of aryl methyl sites for hydroxylation is 2. The number of sulfonamides is 1. The lowest BCUT2D eigenvalue weighted by Crippen LogP contribution is -2.14. The molecule has 1 aromatic carbocycles. The van der Waals surface area contributed by atoms with Crippen molar-refractivity contribution < 1.29 is 22.8 Å². The van der Waals surface area contributed by atoms with Crippen molar-refractivity contribution in [1.82, 2.24) is 5.16 Å². The second kappa shape index (κ2) is 5.38. The Kier molecular flexibility index (Phi) is 3.93. The molecule has 0 radical (unpaired) electrons. The Morgan fingerprint density at radius 2 is 2.05 bits per heavy atom. The average Bonchev–Trinajstić information content (AvgIpc) is 2.68. The van der Waals surface area contributed by atoms with Crippen LogP contribution in [-0.2, 0) is 10.0 Å². The quantitative estimate of drug-likeness (QED) is 0.891. The number of nitrogens with zero attached hydrogens (tertiary/aromatic N) is 1. The van der Waals surface area contributed by atoms with E-state index in [2.05, 4.69) is 9.88 Å². The highest BCUT2D eigenvalue weighted by Crippen LogP contribution is 2.25. The predicted molar refractivity (Wildman–Crippen MR) is 75.2 cm³/mol. The van der Waals surface area contributed by atoms with Gasteiger partial charge in [0, 0.05) is 0 Å². The first-order valence-electron chi connectivity index (χ1n) is 5.71. The van der Waals surface area contributed by atoms with Crippen molar-refractivity contribution in [3.63, 3.8) is 0 Å². The molecule has 0 amide bonds. The topological polar surface area (TPSA) is 110 Å². The van der Waals surface area contributed by atoms with E-state index in [-0.39, 0.29) is 32.6 Å². The van der Waals surface area contributed by atoms with Gasteiger partial charge in [-0.1, -0.05) is 16.8 Å². The molecule has 0 atom stereocenters. The van der Waals surface area contributed by atoms with Gasteiger partial charge in [0.1, 0.15) is 5.69 Å². The number of hydrogen-bond acceptors (Lipinski definition) is 5. The summed E-state index contributed by atoms with van der Waals surface area (Å²) in [5.74, 6) is -1.03. The molecule has 0 aliphatic carbocycles. The highest BCUT2D eigenvalue weighted by Gasteiger charge is 2.24. The van der Waals surface area contributed by atoms with Gasteiger partial charge < -0.3 is 9.63 Å². The SMILES string of the molecule is Cc1noc(C)c1S(=O)(=O)Nc1ccc(C(=O)O)c(Cl)c1. The summed E-state index contributed by atoms with van der Waals surface area (Å²) in [4.78, 5) is 10.8. The molecule has 0 fully saturated rings. The Morgan fingerprint density at radius 1 is 1.38 bits per heavy atom. The van der Waals surface area contributed by atoms with Crippen molar-refractivity contribution in [2.24, 2.45) is 0 Å². The van der Waals surface area contributed by atoms with Gasteiger partial charge in [0.05, 0.1) is 16.3 Å². The fourth-order valence-corrected chi connectivity index (χ4v) is 3.46. The smallest absolute Gasteiger partial charge is 0.337 e. The third-order valence-corrected chi connectivity index (χ3v) is 4.63. The lowest BCUT2D eigenvalue weighted by atomic mass is 10.2. The van der Waals surface area contributed by atoms with E-state index in [9.17, 15) is 13.2 Å². The standard InChI is InChI=1S/C12H11ClN2O5S/c1-6-11(7(2)20-14-6)21(18,19)15-8-3-4-9(12(16)17)10(13)5-8/h3-5,15H,1-2H3,(H,16,17). The van der Waals surface area contributed by atoms with Crippen molar-refractivity contribution in [2.45, 2.75) is 18.7 Å². The van der Waals surface area contributed by atoms with Gasteiger partial charge in [-0.3, -0.25) is 4.72 Å². The van der Waals surface area contributed by atoms with Gasteiger partial charge >= 0.3 is 5.97 Å². The van der Waals surface area contributed by atoms with Gasteiger partial charge in [0.25, 0.3) is 10.0 Å². The molecule has 2 aromatic rings. The van der Waals surface area contributed by atoms with Crippen molar-refractivity contribution in [2.75, 3.05) is 4.72 Å².